The second-order valence-electron chi connectivity index (χ2n) is 6.56. The third-order valence-electron chi connectivity index (χ3n) is 4.48. The van der Waals surface area contributed by atoms with E-state index >= 15 is 0 Å². The first-order valence-corrected chi connectivity index (χ1v) is 9.03. The molecule has 2 N–H and O–H groups in total. The average Bonchev–Trinajstić information content (AvgIpc) is 3.13. The van der Waals surface area contributed by atoms with Crippen molar-refractivity contribution in [2.24, 2.45) is 0 Å². The number of carboxylic acid groups (broad SMARTS) is 1. The zero-order valence-corrected chi connectivity index (χ0v) is 15.7. The summed E-state index contributed by atoms with van der Waals surface area (Å²) in [7, 11) is 0. The minimum Gasteiger partial charge on any atom is -0.478 e. The topological polar surface area (TPSA) is 110 Å². The number of nitrogens with one attached hydrogen (secondary N) is 1. The van der Waals surface area contributed by atoms with Crippen molar-refractivity contribution < 1.29 is 19.1 Å². The third-order valence-corrected chi connectivity index (χ3v) is 4.48. The van der Waals surface area contributed by atoms with E-state index in [2.05, 4.69) is 20.8 Å². The molecule has 1 heterocycles. The van der Waals surface area contributed by atoms with Crippen molar-refractivity contribution in [3.63, 3.8) is 0 Å². The van der Waals surface area contributed by atoms with Gasteiger partial charge in [-0.25, -0.2) is 13.9 Å². The Morgan fingerprint density at radius 1 is 1.17 bits per heavy atom. The summed E-state index contributed by atoms with van der Waals surface area (Å²) in [5.41, 5.74) is 1.78. The van der Waals surface area contributed by atoms with Crippen molar-refractivity contribution in [1.29, 1.82) is 0 Å². The van der Waals surface area contributed by atoms with Crippen molar-refractivity contribution in [3.8, 4) is 0 Å². The number of benzene rings is 2. The van der Waals surface area contributed by atoms with Gasteiger partial charge in [0.2, 0.25) is 5.91 Å². The highest BCUT2D eigenvalue weighted by atomic mass is 19.1. The zero-order chi connectivity index (χ0) is 20.8. The fourth-order valence-corrected chi connectivity index (χ4v) is 2.97. The van der Waals surface area contributed by atoms with E-state index in [1.807, 2.05) is 0 Å². The first-order valence-electron chi connectivity index (χ1n) is 9.03. The molecule has 150 valence electrons. The molecule has 1 atom stereocenters. The van der Waals surface area contributed by atoms with Crippen LogP contribution in [0.5, 0.6) is 0 Å². The van der Waals surface area contributed by atoms with Crippen LogP contribution in [0.25, 0.3) is 0 Å². The lowest BCUT2D eigenvalue weighted by Crippen LogP contribution is -2.36. The van der Waals surface area contributed by atoms with Gasteiger partial charge in [-0.15, -0.1) is 5.10 Å². The van der Waals surface area contributed by atoms with Gasteiger partial charge in [-0.2, -0.15) is 0 Å². The van der Waals surface area contributed by atoms with Crippen molar-refractivity contribution in [2.45, 2.75) is 25.8 Å². The van der Waals surface area contributed by atoms with Gasteiger partial charge in [0, 0.05) is 13.0 Å². The number of hydrogen-bond acceptors (Lipinski definition) is 5. The van der Waals surface area contributed by atoms with Crippen molar-refractivity contribution in [1.82, 2.24) is 25.5 Å². The van der Waals surface area contributed by atoms with E-state index in [4.69, 9.17) is 5.11 Å². The maximum absolute atomic E-state index is 13.2. The summed E-state index contributed by atoms with van der Waals surface area (Å²) in [5, 5.41) is 23.3. The molecule has 0 aliphatic carbocycles. The number of carboxylic acids is 1. The SMILES string of the molecule is Cc1nnnn1C(Cc1ccc(F)cc1)C(=O)NCCc1cccc(C(=O)O)c1. The number of aryl methyl sites for hydroxylation is 1. The smallest absolute Gasteiger partial charge is 0.335 e. The Morgan fingerprint density at radius 3 is 2.59 bits per heavy atom. The van der Waals surface area contributed by atoms with Crippen LogP contribution in [0, 0.1) is 12.7 Å². The van der Waals surface area contributed by atoms with Crippen LogP contribution in [-0.4, -0.2) is 43.7 Å². The molecule has 9 heteroatoms. The number of rotatable bonds is 8. The van der Waals surface area contributed by atoms with Gasteiger partial charge in [0.25, 0.3) is 0 Å². The van der Waals surface area contributed by atoms with Gasteiger partial charge in [0.1, 0.15) is 17.7 Å². The van der Waals surface area contributed by atoms with Crippen LogP contribution in [0.1, 0.15) is 33.4 Å². The lowest BCUT2D eigenvalue weighted by atomic mass is 10.0. The molecule has 0 spiro atoms. The minimum atomic E-state index is -0.996. The number of carbonyl (C=O) groups is 2. The maximum atomic E-state index is 13.2. The van der Waals surface area contributed by atoms with Gasteiger partial charge in [-0.3, -0.25) is 4.79 Å². The Balaban J connectivity index is 1.68. The van der Waals surface area contributed by atoms with Gasteiger partial charge in [0.15, 0.2) is 0 Å². The Kier molecular flexibility index (Phi) is 6.28. The number of halogens is 1. The molecule has 29 heavy (non-hydrogen) atoms. The highest BCUT2D eigenvalue weighted by Gasteiger charge is 2.24. The van der Waals surface area contributed by atoms with Crippen LogP contribution in [0.15, 0.2) is 48.5 Å². The van der Waals surface area contributed by atoms with Crippen molar-refractivity contribution >= 4 is 11.9 Å². The summed E-state index contributed by atoms with van der Waals surface area (Å²) in [6.07, 6.45) is 0.775. The van der Waals surface area contributed by atoms with Crippen molar-refractivity contribution in [2.75, 3.05) is 6.54 Å². The molecule has 1 unspecified atom stereocenters. The van der Waals surface area contributed by atoms with E-state index in [1.165, 1.54) is 22.9 Å². The van der Waals surface area contributed by atoms with E-state index in [9.17, 15) is 14.0 Å². The highest BCUT2D eigenvalue weighted by molar-refractivity contribution is 5.87. The first-order chi connectivity index (χ1) is 13.9. The summed E-state index contributed by atoms with van der Waals surface area (Å²) >= 11 is 0. The van der Waals surface area contributed by atoms with Crippen LogP contribution in [0.3, 0.4) is 0 Å². The minimum absolute atomic E-state index is 0.201. The number of amides is 1. The average molecular weight is 397 g/mol. The molecule has 0 radical (unpaired) electrons. The predicted molar refractivity (Wildman–Crippen MR) is 102 cm³/mol. The molecule has 0 aliphatic heterocycles. The van der Waals surface area contributed by atoms with Crippen molar-refractivity contribution in [3.05, 3.63) is 76.9 Å². The van der Waals surface area contributed by atoms with E-state index in [0.717, 1.165) is 11.1 Å². The summed E-state index contributed by atoms with van der Waals surface area (Å²) < 4.78 is 14.6. The largest absolute Gasteiger partial charge is 0.478 e. The van der Waals surface area contributed by atoms with E-state index in [-0.39, 0.29) is 17.3 Å². The fraction of sp³-hybridized carbons (Fsp3) is 0.250. The summed E-state index contributed by atoms with van der Waals surface area (Å²) in [4.78, 5) is 23.9. The molecular formula is C20H20FN5O3. The molecule has 3 aromatic rings. The number of aromatic carboxylic acids is 1. The Bertz CT molecular complexity index is 1000. The molecule has 0 fully saturated rings. The molecule has 1 aromatic heterocycles. The molecule has 0 aliphatic rings. The molecule has 3 rings (SSSR count). The molecule has 2 aromatic carbocycles. The Labute approximate surface area is 166 Å². The Hall–Kier alpha value is -3.62. The second kappa shape index (κ2) is 9.05. The van der Waals surface area contributed by atoms with E-state index < -0.39 is 12.0 Å². The summed E-state index contributed by atoms with van der Waals surface area (Å²) in [5.74, 6) is -1.14. The van der Waals surface area contributed by atoms with Gasteiger partial charge in [0.05, 0.1) is 5.56 Å². The highest BCUT2D eigenvalue weighted by Crippen LogP contribution is 2.16. The van der Waals surface area contributed by atoms with Gasteiger partial charge in [-0.05, 0) is 59.2 Å². The van der Waals surface area contributed by atoms with Crippen LogP contribution in [0.4, 0.5) is 4.39 Å². The number of hydrogen-bond donors (Lipinski definition) is 2. The van der Waals surface area contributed by atoms with Crippen LogP contribution in [0.2, 0.25) is 0 Å². The molecule has 0 saturated carbocycles. The maximum Gasteiger partial charge on any atom is 0.335 e. The first kappa shape index (κ1) is 20.1. The lowest BCUT2D eigenvalue weighted by molar-refractivity contribution is -0.124. The molecule has 1 amide bonds. The Morgan fingerprint density at radius 2 is 1.93 bits per heavy atom. The molecule has 0 saturated heterocycles. The number of carbonyl (C=O) groups excluding carboxylic acids is 1. The van der Waals surface area contributed by atoms with E-state index in [1.54, 1.807) is 37.3 Å². The molecule has 0 bridgehead atoms. The second-order valence-corrected chi connectivity index (χ2v) is 6.56. The quantitative estimate of drug-likeness (QED) is 0.601. The van der Waals surface area contributed by atoms with Gasteiger partial charge < -0.3 is 10.4 Å². The number of tetrazole rings is 1. The van der Waals surface area contributed by atoms with Gasteiger partial charge >= 0.3 is 5.97 Å². The lowest BCUT2D eigenvalue weighted by Gasteiger charge is -2.17. The standard InChI is InChI=1S/C20H20FN5O3/c1-13-23-24-25-26(13)18(12-15-5-7-17(21)8-6-15)19(27)22-10-9-14-3-2-4-16(11-14)20(28)29/h2-8,11,18H,9-10,12H2,1H3,(H,22,27)(H,28,29). The normalized spacial score (nSPS) is 11.8. The molecule has 8 nitrogen and oxygen atoms in total. The predicted octanol–water partition coefficient (Wildman–Crippen LogP) is 1.96. The summed E-state index contributed by atoms with van der Waals surface area (Å²) in [6.45, 7) is 2.02. The third kappa shape index (κ3) is 5.22. The number of nitrogens with zero attached hydrogens (tertiary/aromatic N) is 4. The number of aromatic nitrogens is 4. The summed E-state index contributed by atoms with van der Waals surface area (Å²) in [6, 6.07) is 11.8. The zero-order valence-electron chi connectivity index (χ0n) is 15.7. The molecular weight excluding hydrogens is 377 g/mol. The van der Waals surface area contributed by atoms with E-state index in [0.29, 0.717) is 25.2 Å². The monoisotopic (exact) mass is 397 g/mol. The van der Waals surface area contributed by atoms with Crippen LogP contribution < -0.4 is 5.32 Å². The van der Waals surface area contributed by atoms with Gasteiger partial charge in [-0.1, -0.05) is 24.3 Å². The fourth-order valence-electron chi connectivity index (χ4n) is 2.97. The van der Waals surface area contributed by atoms with Crippen LogP contribution >= 0.6 is 0 Å². The van der Waals surface area contributed by atoms with Crippen LogP contribution in [-0.2, 0) is 17.6 Å².